The van der Waals surface area contributed by atoms with E-state index in [4.69, 9.17) is 0 Å². The maximum atomic E-state index is 13.0. The minimum atomic E-state index is -0.399. The van der Waals surface area contributed by atoms with Gasteiger partial charge in [0.2, 0.25) is 0 Å². The van der Waals surface area contributed by atoms with Crippen LogP contribution >= 0.6 is 0 Å². The number of carbonyl (C=O) groups is 1. The van der Waals surface area contributed by atoms with Gasteiger partial charge in [-0.2, -0.15) is 0 Å². The first-order valence-corrected chi connectivity index (χ1v) is 5.14. The number of hydrogen-bond donors (Lipinski definition) is 0. The maximum Gasteiger partial charge on any atom is 0.330 e. The fourth-order valence-electron chi connectivity index (χ4n) is 1.57. The minimum absolute atomic E-state index is 0.254. The smallest absolute Gasteiger partial charge is 0.330 e. The second kappa shape index (κ2) is 4.78. The monoisotopic (exact) mass is 230 g/mol. The lowest BCUT2D eigenvalue weighted by atomic mass is 10.1. The molecule has 17 heavy (non-hydrogen) atoms. The van der Waals surface area contributed by atoms with Crippen molar-refractivity contribution in [3.8, 4) is 0 Å². The summed E-state index contributed by atoms with van der Waals surface area (Å²) in [6.45, 7) is 0. The third-order valence-corrected chi connectivity index (χ3v) is 2.44. The van der Waals surface area contributed by atoms with Crippen molar-refractivity contribution in [3.63, 3.8) is 0 Å². The van der Waals surface area contributed by atoms with Gasteiger partial charge in [0.25, 0.3) is 0 Å². The van der Waals surface area contributed by atoms with Gasteiger partial charge in [0.1, 0.15) is 5.82 Å². The van der Waals surface area contributed by atoms with Gasteiger partial charge in [-0.1, -0.05) is 18.2 Å². The Hall–Kier alpha value is -2.16. The predicted molar refractivity (Wildman–Crippen MR) is 65.0 cm³/mol. The fourth-order valence-corrected chi connectivity index (χ4v) is 1.57. The topological polar surface area (TPSA) is 26.3 Å². The predicted octanol–water partition coefficient (Wildman–Crippen LogP) is 3.17. The third kappa shape index (κ3) is 2.69. The van der Waals surface area contributed by atoms with E-state index >= 15 is 0 Å². The number of fused-ring (bicyclic) bond motifs is 1. The summed E-state index contributed by atoms with van der Waals surface area (Å²) in [5.41, 5.74) is 0.870. The van der Waals surface area contributed by atoms with E-state index in [9.17, 15) is 9.18 Å². The number of halogens is 1. The Kier molecular flexibility index (Phi) is 3.19. The number of rotatable bonds is 2. The van der Waals surface area contributed by atoms with Gasteiger partial charge in [0.05, 0.1) is 7.11 Å². The molecule has 0 bridgehead atoms. The van der Waals surface area contributed by atoms with Crippen molar-refractivity contribution in [2.24, 2.45) is 0 Å². The quantitative estimate of drug-likeness (QED) is 0.585. The first kappa shape index (κ1) is 11.3. The van der Waals surface area contributed by atoms with E-state index in [1.807, 2.05) is 18.2 Å². The van der Waals surface area contributed by atoms with Crippen LogP contribution in [0.5, 0.6) is 0 Å². The van der Waals surface area contributed by atoms with Crippen molar-refractivity contribution >= 4 is 22.8 Å². The molecule has 0 radical (unpaired) electrons. The van der Waals surface area contributed by atoms with Crippen molar-refractivity contribution in [2.75, 3.05) is 7.11 Å². The van der Waals surface area contributed by atoms with E-state index in [0.29, 0.717) is 0 Å². The second-order valence-electron chi connectivity index (χ2n) is 3.61. The number of benzene rings is 2. The zero-order valence-corrected chi connectivity index (χ0v) is 9.31. The van der Waals surface area contributed by atoms with Crippen molar-refractivity contribution in [3.05, 3.63) is 53.9 Å². The van der Waals surface area contributed by atoms with Crippen LogP contribution in [0.15, 0.2) is 42.5 Å². The van der Waals surface area contributed by atoms with E-state index in [1.165, 1.54) is 25.3 Å². The van der Waals surface area contributed by atoms with Crippen molar-refractivity contribution < 1.29 is 13.9 Å². The normalized spacial score (nSPS) is 10.9. The highest BCUT2D eigenvalue weighted by Gasteiger charge is 1.97. The number of carbonyl (C=O) groups excluding carboxylic acids is 1. The van der Waals surface area contributed by atoms with Gasteiger partial charge in [-0.05, 0) is 40.6 Å². The molecule has 0 N–H and O–H groups in total. The largest absolute Gasteiger partial charge is 0.466 e. The molecule has 0 aliphatic carbocycles. The first-order chi connectivity index (χ1) is 8.19. The molecule has 0 unspecified atom stereocenters. The molecule has 0 saturated carbocycles. The van der Waals surface area contributed by atoms with Crippen LogP contribution in [0.4, 0.5) is 4.39 Å². The maximum absolute atomic E-state index is 13.0. The molecular weight excluding hydrogens is 219 g/mol. The molecule has 0 saturated heterocycles. The zero-order chi connectivity index (χ0) is 12.3. The summed E-state index contributed by atoms with van der Waals surface area (Å²) in [5.74, 6) is -0.653. The molecule has 2 aromatic rings. The Balaban J connectivity index is 2.35. The summed E-state index contributed by atoms with van der Waals surface area (Å²) >= 11 is 0. The Morgan fingerprint density at radius 1 is 1.18 bits per heavy atom. The van der Waals surface area contributed by atoms with Gasteiger partial charge in [0, 0.05) is 6.08 Å². The van der Waals surface area contributed by atoms with Crippen LogP contribution in [-0.2, 0) is 9.53 Å². The van der Waals surface area contributed by atoms with Crippen LogP contribution in [-0.4, -0.2) is 13.1 Å². The van der Waals surface area contributed by atoms with E-state index in [2.05, 4.69) is 4.74 Å². The molecule has 2 nitrogen and oxygen atoms in total. The molecule has 0 aliphatic rings. The lowest BCUT2D eigenvalue weighted by molar-refractivity contribution is -0.134. The highest BCUT2D eigenvalue weighted by Crippen LogP contribution is 2.18. The Labute approximate surface area is 98.3 Å². The summed E-state index contributed by atoms with van der Waals surface area (Å²) in [4.78, 5) is 10.9. The lowest BCUT2D eigenvalue weighted by Crippen LogP contribution is -1.93. The average Bonchev–Trinajstić information content (AvgIpc) is 2.35. The van der Waals surface area contributed by atoms with Gasteiger partial charge < -0.3 is 4.74 Å². The van der Waals surface area contributed by atoms with E-state index < -0.39 is 5.97 Å². The summed E-state index contributed by atoms with van der Waals surface area (Å²) in [6.07, 6.45) is 3.01. The average molecular weight is 230 g/mol. The lowest BCUT2D eigenvalue weighted by Gasteiger charge is -1.99. The standard InChI is InChI=1S/C14H11FO2/c1-17-14(16)7-3-10-2-4-12-9-13(15)6-5-11(12)8-10/h2-9H,1H3. The first-order valence-electron chi connectivity index (χ1n) is 5.14. The highest BCUT2D eigenvalue weighted by molar-refractivity contribution is 5.89. The van der Waals surface area contributed by atoms with Crippen LogP contribution in [0.2, 0.25) is 0 Å². The Morgan fingerprint density at radius 2 is 1.88 bits per heavy atom. The molecule has 0 spiro atoms. The minimum Gasteiger partial charge on any atom is -0.466 e. The van der Waals surface area contributed by atoms with E-state index in [-0.39, 0.29) is 5.82 Å². The zero-order valence-electron chi connectivity index (χ0n) is 9.31. The third-order valence-electron chi connectivity index (χ3n) is 2.44. The molecule has 0 fully saturated rings. The van der Waals surface area contributed by atoms with Crippen molar-refractivity contribution in [1.29, 1.82) is 0 Å². The van der Waals surface area contributed by atoms with Gasteiger partial charge >= 0.3 is 5.97 Å². The van der Waals surface area contributed by atoms with Gasteiger partial charge in [-0.25, -0.2) is 9.18 Å². The molecule has 0 aliphatic heterocycles. The van der Waals surface area contributed by atoms with Gasteiger partial charge in [-0.15, -0.1) is 0 Å². The Morgan fingerprint density at radius 3 is 2.65 bits per heavy atom. The molecule has 0 atom stereocenters. The molecular formula is C14H11FO2. The molecule has 2 rings (SSSR count). The van der Waals surface area contributed by atoms with Crippen LogP contribution < -0.4 is 0 Å². The second-order valence-corrected chi connectivity index (χ2v) is 3.61. The van der Waals surface area contributed by atoms with Crippen molar-refractivity contribution in [1.82, 2.24) is 0 Å². The highest BCUT2D eigenvalue weighted by atomic mass is 19.1. The molecule has 0 amide bonds. The van der Waals surface area contributed by atoms with Crippen LogP contribution in [0.25, 0.3) is 16.8 Å². The van der Waals surface area contributed by atoms with E-state index in [1.54, 1.807) is 12.1 Å². The SMILES string of the molecule is COC(=O)C=Cc1ccc2cc(F)ccc2c1. The summed E-state index contributed by atoms with van der Waals surface area (Å²) < 4.78 is 17.5. The van der Waals surface area contributed by atoms with Crippen LogP contribution in [0, 0.1) is 5.82 Å². The molecule has 86 valence electrons. The number of methoxy groups -OCH3 is 1. The fraction of sp³-hybridized carbons (Fsp3) is 0.0714. The number of ether oxygens (including phenoxy) is 1. The molecule has 0 aromatic heterocycles. The molecule has 2 aromatic carbocycles. The Bertz CT molecular complexity index is 588. The summed E-state index contributed by atoms with van der Waals surface area (Å²) in [7, 11) is 1.33. The number of hydrogen-bond acceptors (Lipinski definition) is 2. The van der Waals surface area contributed by atoms with Crippen molar-refractivity contribution in [2.45, 2.75) is 0 Å². The van der Waals surface area contributed by atoms with E-state index in [0.717, 1.165) is 16.3 Å². The van der Waals surface area contributed by atoms with Gasteiger partial charge in [-0.3, -0.25) is 0 Å². The summed E-state index contributed by atoms with van der Waals surface area (Å²) in [5, 5.41) is 1.76. The molecule has 3 heteroatoms. The van der Waals surface area contributed by atoms with Gasteiger partial charge in [0.15, 0.2) is 0 Å². The number of esters is 1. The van der Waals surface area contributed by atoms with Crippen LogP contribution in [0.1, 0.15) is 5.56 Å². The summed E-state index contributed by atoms with van der Waals surface area (Å²) in [6, 6.07) is 10.1. The van der Waals surface area contributed by atoms with Crippen LogP contribution in [0.3, 0.4) is 0 Å². The molecule has 0 heterocycles.